The number of halogens is 3. The van der Waals surface area contributed by atoms with Crippen molar-refractivity contribution < 1.29 is 9.47 Å². The van der Waals surface area contributed by atoms with Crippen LogP contribution in [0.15, 0.2) is 23.2 Å². The highest BCUT2D eigenvalue weighted by molar-refractivity contribution is 14.0. The highest BCUT2D eigenvalue weighted by atomic mass is 127. The van der Waals surface area contributed by atoms with Crippen LogP contribution in [0.4, 0.5) is 0 Å². The number of benzene rings is 1. The second-order valence-electron chi connectivity index (χ2n) is 7.59. The number of ether oxygens (including phenoxy) is 2. The number of hydrogen-bond donors (Lipinski definition) is 2. The molecule has 0 aromatic heterocycles. The van der Waals surface area contributed by atoms with Gasteiger partial charge < -0.3 is 20.1 Å². The van der Waals surface area contributed by atoms with Crippen LogP contribution in [0.25, 0.3) is 0 Å². The summed E-state index contributed by atoms with van der Waals surface area (Å²) in [5.74, 6) is 0.844. The Hall–Kier alpha value is -0.320. The second-order valence-corrected chi connectivity index (χ2v) is 8.44. The molecular weight excluding hydrogens is 538 g/mol. The van der Waals surface area contributed by atoms with E-state index >= 15 is 0 Å². The summed E-state index contributed by atoms with van der Waals surface area (Å²) >= 11 is 12.7. The molecule has 2 aliphatic rings. The Balaban J connectivity index is 0.00000320. The number of nitrogens with one attached hydrogen (secondary N) is 2. The molecule has 0 amide bonds. The molecule has 6 nitrogen and oxygen atoms in total. The van der Waals surface area contributed by atoms with E-state index in [1.165, 1.54) is 0 Å². The third kappa shape index (κ3) is 7.38. The predicted octanol–water partition coefficient (Wildman–Crippen LogP) is 3.55. The van der Waals surface area contributed by atoms with Crippen molar-refractivity contribution in [2.24, 2.45) is 4.99 Å². The minimum atomic E-state index is -0.132. The lowest BCUT2D eigenvalue weighted by Crippen LogP contribution is -2.45. The smallest absolute Gasteiger partial charge is 0.191 e. The van der Waals surface area contributed by atoms with Crippen LogP contribution in [-0.4, -0.2) is 76.6 Å². The Morgan fingerprint density at radius 3 is 2.47 bits per heavy atom. The standard InChI is InChI=1S/C21H32Cl2N4O2.HI/c1-2-24-20(25-7-8-27-9-13-29-14-10-27)26-16-21(5-11-28-12-6-21)18-4-3-17(22)15-19(18)23;/h3-4,15H,2,5-14,16H2,1H3,(H2,24,25,26);1H. The normalized spacial score (nSPS) is 19.8. The molecule has 0 radical (unpaired) electrons. The molecule has 0 saturated carbocycles. The molecule has 0 spiro atoms. The lowest BCUT2D eigenvalue weighted by molar-refractivity contribution is 0.0389. The summed E-state index contributed by atoms with van der Waals surface area (Å²) in [4.78, 5) is 7.35. The Morgan fingerprint density at radius 2 is 1.80 bits per heavy atom. The number of rotatable bonds is 7. The van der Waals surface area contributed by atoms with Gasteiger partial charge >= 0.3 is 0 Å². The number of aliphatic imine (C=N–C) groups is 1. The molecule has 3 rings (SSSR count). The van der Waals surface area contributed by atoms with E-state index in [9.17, 15) is 0 Å². The van der Waals surface area contributed by atoms with Crippen molar-refractivity contribution in [2.45, 2.75) is 25.2 Å². The molecule has 2 fully saturated rings. The zero-order chi connectivity index (χ0) is 20.5. The van der Waals surface area contributed by atoms with Crippen molar-refractivity contribution in [3.63, 3.8) is 0 Å². The number of hydrogen-bond acceptors (Lipinski definition) is 4. The van der Waals surface area contributed by atoms with Gasteiger partial charge in [-0.1, -0.05) is 29.3 Å². The van der Waals surface area contributed by atoms with Crippen LogP contribution in [0, 0.1) is 0 Å². The van der Waals surface area contributed by atoms with Crippen molar-refractivity contribution >= 4 is 53.1 Å². The first-order valence-corrected chi connectivity index (χ1v) is 11.2. The van der Waals surface area contributed by atoms with Crippen molar-refractivity contribution in [3.8, 4) is 0 Å². The quantitative estimate of drug-likeness (QED) is 0.298. The largest absolute Gasteiger partial charge is 0.381 e. The number of nitrogens with zero attached hydrogens (tertiary/aromatic N) is 2. The Morgan fingerprint density at radius 1 is 1.10 bits per heavy atom. The summed E-state index contributed by atoms with van der Waals surface area (Å²) in [6.45, 7) is 10.5. The van der Waals surface area contributed by atoms with Crippen molar-refractivity contribution in [3.05, 3.63) is 33.8 Å². The van der Waals surface area contributed by atoms with Gasteiger partial charge in [0.2, 0.25) is 0 Å². The average molecular weight is 571 g/mol. The summed E-state index contributed by atoms with van der Waals surface area (Å²) in [6, 6.07) is 5.78. The average Bonchev–Trinajstić information content (AvgIpc) is 2.73. The van der Waals surface area contributed by atoms with E-state index in [0.29, 0.717) is 16.6 Å². The first kappa shape index (κ1) is 25.9. The first-order chi connectivity index (χ1) is 14.1. The van der Waals surface area contributed by atoms with Gasteiger partial charge in [0.05, 0.1) is 19.8 Å². The van der Waals surface area contributed by atoms with Gasteiger partial charge in [0.1, 0.15) is 0 Å². The maximum absolute atomic E-state index is 6.58. The van der Waals surface area contributed by atoms with Crippen LogP contribution in [0.1, 0.15) is 25.3 Å². The lowest BCUT2D eigenvalue weighted by atomic mass is 9.74. The highest BCUT2D eigenvalue weighted by Gasteiger charge is 2.36. The molecular formula is C21H33Cl2IN4O2. The van der Waals surface area contributed by atoms with Crippen LogP contribution in [0.3, 0.4) is 0 Å². The molecule has 2 N–H and O–H groups in total. The molecule has 1 aromatic carbocycles. The molecule has 2 saturated heterocycles. The summed E-state index contributed by atoms with van der Waals surface area (Å²) in [5, 5.41) is 8.20. The van der Waals surface area contributed by atoms with Crippen molar-refractivity contribution in [2.75, 3.05) is 65.7 Å². The SMILES string of the molecule is CCNC(=NCC1(c2ccc(Cl)cc2Cl)CCOCC1)NCCN1CCOCC1.I. The molecule has 9 heteroatoms. The molecule has 0 bridgehead atoms. The van der Waals surface area contributed by atoms with E-state index in [0.717, 1.165) is 83.5 Å². The van der Waals surface area contributed by atoms with Gasteiger partial charge in [-0.3, -0.25) is 9.89 Å². The molecule has 0 unspecified atom stereocenters. The van der Waals surface area contributed by atoms with E-state index in [2.05, 4.69) is 22.5 Å². The lowest BCUT2D eigenvalue weighted by Gasteiger charge is -2.37. The third-order valence-electron chi connectivity index (χ3n) is 5.66. The van der Waals surface area contributed by atoms with Gasteiger partial charge in [-0.15, -0.1) is 24.0 Å². The summed E-state index contributed by atoms with van der Waals surface area (Å²) in [5.41, 5.74) is 0.978. The van der Waals surface area contributed by atoms with Gasteiger partial charge in [-0.05, 0) is 37.5 Å². The van der Waals surface area contributed by atoms with Crippen LogP contribution < -0.4 is 10.6 Å². The van der Waals surface area contributed by atoms with E-state index in [1.54, 1.807) is 0 Å². The van der Waals surface area contributed by atoms with Gasteiger partial charge in [0.15, 0.2) is 5.96 Å². The molecule has 0 atom stereocenters. The van der Waals surface area contributed by atoms with Gasteiger partial charge in [0, 0.05) is 61.4 Å². The maximum Gasteiger partial charge on any atom is 0.191 e. The topological polar surface area (TPSA) is 58.1 Å². The van der Waals surface area contributed by atoms with Crippen LogP contribution in [-0.2, 0) is 14.9 Å². The fraction of sp³-hybridized carbons (Fsp3) is 0.667. The predicted molar refractivity (Wildman–Crippen MR) is 135 cm³/mol. The summed E-state index contributed by atoms with van der Waals surface area (Å²) < 4.78 is 11.0. The first-order valence-electron chi connectivity index (χ1n) is 10.5. The van der Waals surface area contributed by atoms with Crippen molar-refractivity contribution in [1.82, 2.24) is 15.5 Å². The van der Waals surface area contributed by atoms with Crippen LogP contribution in [0.5, 0.6) is 0 Å². The minimum absolute atomic E-state index is 0. The number of guanidine groups is 1. The van der Waals surface area contributed by atoms with E-state index in [4.69, 9.17) is 37.7 Å². The van der Waals surface area contributed by atoms with Gasteiger partial charge in [0.25, 0.3) is 0 Å². The summed E-state index contributed by atoms with van der Waals surface area (Å²) in [6.07, 6.45) is 1.79. The second kappa shape index (κ2) is 13.3. The van der Waals surface area contributed by atoms with Gasteiger partial charge in [-0.2, -0.15) is 0 Å². The third-order valence-corrected chi connectivity index (χ3v) is 6.21. The highest BCUT2D eigenvalue weighted by Crippen LogP contribution is 2.39. The zero-order valence-corrected chi connectivity index (χ0v) is 21.4. The Labute approximate surface area is 207 Å². The minimum Gasteiger partial charge on any atom is -0.381 e. The Bertz CT molecular complexity index is 681. The maximum atomic E-state index is 6.58. The molecule has 1 aromatic rings. The van der Waals surface area contributed by atoms with E-state index < -0.39 is 0 Å². The zero-order valence-electron chi connectivity index (χ0n) is 17.6. The van der Waals surface area contributed by atoms with Gasteiger partial charge in [-0.25, -0.2) is 0 Å². The van der Waals surface area contributed by atoms with E-state index in [-0.39, 0.29) is 29.4 Å². The fourth-order valence-electron chi connectivity index (χ4n) is 3.92. The molecule has 30 heavy (non-hydrogen) atoms. The van der Waals surface area contributed by atoms with E-state index in [1.807, 2.05) is 18.2 Å². The summed E-state index contributed by atoms with van der Waals surface area (Å²) in [7, 11) is 0. The molecule has 170 valence electrons. The molecule has 2 aliphatic heterocycles. The monoisotopic (exact) mass is 570 g/mol. The Kier molecular flexibility index (Phi) is 11.5. The van der Waals surface area contributed by atoms with Crippen LogP contribution in [0.2, 0.25) is 10.0 Å². The van der Waals surface area contributed by atoms with Crippen LogP contribution >= 0.6 is 47.2 Å². The fourth-order valence-corrected chi connectivity index (χ4v) is 4.53. The van der Waals surface area contributed by atoms with Crippen molar-refractivity contribution in [1.29, 1.82) is 0 Å². The number of morpholine rings is 1. The molecule has 0 aliphatic carbocycles. The molecule has 2 heterocycles.